The van der Waals surface area contributed by atoms with E-state index in [1.165, 1.54) is 6.33 Å². The molecular formula is C24H23N7O2. The van der Waals surface area contributed by atoms with Gasteiger partial charge in [-0.1, -0.05) is 30.3 Å². The fraction of sp³-hybridized carbons (Fsp3) is 0.208. The first-order valence-corrected chi connectivity index (χ1v) is 10.6. The molecule has 0 radical (unpaired) electrons. The lowest BCUT2D eigenvalue weighted by Gasteiger charge is -2.26. The SMILES string of the molecule is Cn1c(CNc2cccc(C(=O)NC3COCc4ccccc43)c2)nnc1-c1ccncn1. The van der Waals surface area contributed by atoms with Crippen LogP contribution in [0.1, 0.15) is 33.4 Å². The summed E-state index contributed by atoms with van der Waals surface area (Å²) in [4.78, 5) is 21.1. The molecule has 2 aromatic heterocycles. The van der Waals surface area contributed by atoms with Crippen LogP contribution in [0.15, 0.2) is 67.1 Å². The molecule has 2 N–H and O–H groups in total. The molecule has 1 aliphatic heterocycles. The number of fused-ring (bicyclic) bond motifs is 1. The van der Waals surface area contributed by atoms with E-state index in [0.29, 0.717) is 36.8 Å². The molecule has 4 aromatic rings. The minimum atomic E-state index is -0.169. The summed E-state index contributed by atoms with van der Waals surface area (Å²) in [6.07, 6.45) is 3.15. The number of nitrogens with zero attached hydrogens (tertiary/aromatic N) is 5. The Bertz CT molecular complexity index is 1270. The van der Waals surface area contributed by atoms with Crippen LogP contribution in [0.3, 0.4) is 0 Å². The molecule has 0 saturated heterocycles. The van der Waals surface area contributed by atoms with Gasteiger partial charge in [0, 0.05) is 24.5 Å². The lowest BCUT2D eigenvalue weighted by atomic mass is 9.99. The summed E-state index contributed by atoms with van der Waals surface area (Å²) < 4.78 is 7.53. The van der Waals surface area contributed by atoms with Crippen LogP contribution < -0.4 is 10.6 Å². The minimum absolute atomic E-state index is 0.145. The highest BCUT2D eigenvalue weighted by Gasteiger charge is 2.22. The number of nitrogens with one attached hydrogen (secondary N) is 2. The van der Waals surface area contributed by atoms with Crippen LogP contribution in [0.4, 0.5) is 5.69 Å². The van der Waals surface area contributed by atoms with Gasteiger partial charge >= 0.3 is 0 Å². The molecule has 0 spiro atoms. The van der Waals surface area contributed by atoms with E-state index < -0.39 is 0 Å². The summed E-state index contributed by atoms with van der Waals surface area (Å²) in [6, 6.07) is 17.0. The van der Waals surface area contributed by atoms with Crippen molar-refractivity contribution in [1.29, 1.82) is 0 Å². The number of anilines is 1. The number of hydrogen-bond acceptors (Lipinski definition) is 7. The van der Waals surface area contributed by atoms with Crippen LogP contribution >= 0.6 is 0 Å². The van der Waals surface area contributed by atoms with Gasteiger partial charge in [-0.25, -0.2) is 9.97 Å². The molecule has 9 nitrogen and oxygen atoms in total. The molecule has 33 heavy (non-hydrogen) atoms. The topological polar surface area (TPSA) is 107 Å². The van der Waals surface area contributed by atoms with E-state index in [0.717, 1.165) is 22.6 Å². The van der Waals surface area contributed by atoms with Gasteiger partial charge in [-0.05, 0) is 35.4 Å². The Morgan fingerprint density at radius 2 is 2.06 bits per heavy atom. The number of hydrogen-bond donors (Lipinski definition) is 2. The van der Waals surface area contributed by atoms with Crippen molar-refractivity contribution in [2.24, 2.45) is 7.05 Å². The molecular weight excluding hydrogens is 418 g/mol. The first-order chi connectivity index (χ1) is 16.2. The second-order valence-electron chi connectivity index (χ2n) is 7.77. The molecule has 9 heteroatoms. The van der Waals surface area contributed by atoms with E-state index in [4.69, 9.17) is 4.74 Å². The third-order valence-corrected chi connectivity index (χ3v) is 5.63. The van der Waals surface area contributed by atoms with E-state index in [2.05, 4.69) is 30.8 Å². The Hall–Kier alpha value is -4.11. The van der Waals surface area contributed by atoms with Gasteiger partial charge in [0.15, 0.2) is 11.6 Å². The van der Waals surface area contributed by atoms with E-state index in [-0.39, 0.29) is 11.9 Å². The van der Waals surface area contributed by atoms with Crippen molar-refractivity contribution in [2.75, 3.05) is 11.9 Å². The number of ether oxygens (including phenoxy) is 1. The van der Waals surface area contributed by atoms with Gasteiger partial charge in [-0.3, -0.25) is 4.79 Å². The predicted molar refractivity (Wildman–Crippen MR) is 122 cm³/mol. The number of rotatable bonds is 6. The smallest absolute Gasteiger partial charge is 0.251 e. The van der Waals surface area contributed by atoms with Gasteiger partial charge in [0.1, 0.15) is 12.0 Å². The number of aromatic nitrogens is 5. The standard InChI is InChI=1S/C24H23N7O2/c1-31-22(29-30-23(31)20-9-10-25-15-27-20)12-26-18-7-4-6-16(11-18)24(32)28-21-14-33-13-17-5-2-3-8-19(17)21/h2-11,15,21,26H,12-14H2,1H3,(H,28,32). The highest BCUT2D eigenvalue weighted by Crippen LogP contribution is 2.25. The predicted octanol–water partition coefficient (Wildman–Crippen LogP) is 2.89. The molecule has 2 aromatic carbocycles. The molecule has 166 valence electrons. The Balaban J connectivity index is 1.26. The molecule has 1 aliphatic rings. The van der Waals surface area contributed by atoms with Gasteiger partial charge in [0.25, 0.3) is 5.91 Å². The minimum Gasteiger partial charge on any atom is -0.378 e. The van der Waals surface area contributed by atoms with Crippen LogP contribution in [-0.4, -0.2) is 37.2 Å². The molecule has 3 heterocycles. The third kappa shape index (κ3) is 4.44. The molecule has 5 rings (SSSR count). The first-order valence-electron chi connectivity index (χ1n) is 10.6. The Morgan fingerprint density at radius 3 is 2.94 bits per heavy atom. The zero-order valence-electron chi connectivity index (χ0n) is 18.1. The zero-order chi connectivity index (χ0) is 22.6. The number of carbonyl (C=O) groups is 1. The summed E-state index contributed by atoms with van der Waals surface area (Å²) in [6.45, 7) is 1.48. The van der Waals surface area contributed by atoms with Crippen molar-refractivity contribution in [3.8, 4) is 11.5 Å². The van der Waals surface area contributed by atoms with Gasteiger partial charge in [-0.2, -0.15) is 0 Å². The third-order valence-electron chi connectivity index (χ3n) is 5.63. The quantitative estimate of drug-likeness (QED) is 0.474. The number of carbonyl (C=O) groups excluding carboxylic acids is 1. The monoisotopic (exact) mass is 441 g/mol. The van der Waals surface area contributed by atoms with Gasteiger partial charge in [0.2, 0.25) is 0 Å². The summed E-state index contributed by atoms with van der Waals surface area (Å²) in [5, 5.41) is 14.9. The maximum absolute atomic E-state index is 12.9. The van der Waals surface area contributed by atoms with Crippen molar-refractivity contribution in [1.82, 2.24) is 30.0 Å². The maximum atomic E-state index is 12.9. The summed E-state index contributed by atoms with van der Waals surface area (Å²) >= 11 is 0. The van der Waals surface area contributed by atoms with E-state index >= 15 is 0 Å². The molecule has 0 saturated carbocycles. The maximum Gasteiger partial charge on any atom is 0.251 e. The second kappa shape index (κ2) is 9.17. The Kier molecular flexibility index (Phi) is 5.77. The van der Waals surface area contributed by atoms with E-state index in [9.17, 15) is 4.79 Å². The van der Waals surface area contributed by atoms with Crippen LogP contribution in [0.2, 0.25) is 0 Å². The fourth-order valence-corrected chi connectivity index (χ4v) is 3.86. The molecule has 1 amide bonds. The summed E-state index contributed by atoms with van der Waals surface area (Å²) in [7, 11) is 1.89. The average molecular weight is 441 g/mol. The Labute approximate surface area is 190 Å². The van der Waals surface area contributed by atoms with E-state index in [1.807, 2.05) is 54.1 Å². The second-order valence-corrected chi connectivity index (χ2v) is 7.77. The van der Waals surface area contributed by atoms with Crippen molar-refractivity contribution in [3.63, 3.8) is 0 Å². The lowest BCUT2D eigenvalue weighted by molar-refractivity contribution is 0.0708. The zero-order valence-corrected chi connectivity index (χ0v) is 18.1. The number of amides is 1. The van der Waals surface area contributed by atoms with E-state index in [1.54, 1.807) is 18.3 Å². The Morgan fingerprint density at radius 1 is 1.15 bits per heavy atom. The van der Waals surface area contributed by atoms with Crippen LogP contribution in [0.25, 0.3) is 11.5 Å². The van der Waals surface area contributed by atoms with Crippen molar-refractivity contribution < 1.29 is 9.53 Å². The van der Waals surface area contributed by atoms with Gasteiger partial charge < -0.3 is 19.9 Å². The molecule has 0 aliphatic carbocycles. The first kappa shape index (κ1) is 20.8. The van der Waals surface area contributed by atoms with Crippen molar-refractivity contribution in [3.05, 3.63) is 89.6 Å². The largest absolute Gasteiger partial charge is 0.378 e. The van der Waals surface area contributed by atoms with Gasteiger partial charge in [-0.15, -0.1) is 10.2 Å². The molecule has 1 atom stereocenters. The summed E-state index contributed by atoms with van der Waals surface area (Å²) in [5.41, 5.74) is 4.30. The fourth-order valence-electron chi connectivity index (χ4n) is 3.86. The lowest BCUT2D eigenvalue weighted by Crippen LogP contribution is -2.34. The van der Waals surface area contributed by atoms with Crippen molar-refractivity contribution in [2.45, 2.75) is 19.2 Å². The molecule has 0 bridgehead atoms. The molecule has 1 unspecified atom stereocenters. The van der Waals surface area contributed by atoms with Crippen LogP contribution in [0.5, 0.6) is 0 Å². The van der Waals surface area contributed by atoms with Crippen LogP contribution in [0, 0.1) is 0 Å². The van der Waals surface area contributed by atoms with Gasteiger partial charge in [0.05, 0.1) is 25.8 Å². The number of benzene rings is 2. The van der Waals surface area contributed by atoms with Crippen molar-refractivity contribution >= 4 is 11.6 Å². The normalized spacial score (nSPS) is 15.0. The van der Waals surface area contributed by atoms with Crippen LogP contribution in [-0.2, 0) is 24.9 Å². The average Bonchev–Trinajstić information content (AvgIpc) is 3.24. The molecule has 0 fully saturated rings. The summed E-state index contributed by atoms with van der Waals surface area (Å²) in [5.74, 6) is 1.26. The highest BCUT2D eigenvalue weighted by atomic mass is 16.5. The highest BCUT2D eigenvalue weighted by molar-refractivity contribution is 5.95.